The summed E-state index contributed by atoms with van der Waals surface area (Å²) in [6, 6.07) is 6.08. The van der Waals surface area contributed by atoms with Gasteiger partial charge in [-0.2, -0.15) is 0 Å². The van der Waals surface area contributed by atoms with Crippen LogP contribution in [0.5, 0.6) is 0 Å². The molecular weight excluding hydrogens is 264 g/mol. The summed E-state index contributed by atoms with van der Waals surface area (Å²) >= 11 is -0.0478. The van der Waals surface area contributed by atoms with E-state index in [2.05, 4.69) is 13.0 Å². The Kier molecular flexibility index (Phi) is 2.21. The molecule has 0 fully saturated rings. The van der Waals surface area contributed by atoms with E-state index in [1.807, 2.05) is 12.1 Å². The molecule has 12 heavy (non-hydrogen) atoms. The molecule has 0 unspecified atom stereocenters. The SMILES string of the molecule is Cc1cccc2c1[Te]CCC2=O. The van der Waals surface area contributed by atoms with E-state index in [0.29, 0.717) is 5.78 Å². The number of ketones is 1. The number of benzene rings is 1. The molecule has 0 spiro atoms. The molecule has 1 aromatic carbocycles. The molecule has 1 nitrogen and oxygen atoms in total. The van der Waals surface area contributed by atoms with Crippen LogP contribution in [-0.2, 0) is 0 Å². The summed E-state index contributed by atoms with van der Waals surface area (Å²) in [6.45, 7) is 2.11. The van der Waals surface area contributed by atoms with Crippen molar-refractivity contribution in [2.45, 2.75) is 17.8 Å². The predicted molar refractivity (Wildman–Crippen MR) is 50.3 cm³/mol. The van der Waals surface area contributed by atoms with Crippen molar-refractivity contribution < 1.29 is 4.79 Å². The Morgan fingerprint density at radius 1 is 1.42 bits per heavy atom. The van der Waals surface area contributed by atoms with Crippen LogP contribution in [0.25, 0.3) is 0 Å². The molecule has 1 aliphatic heterocycles. The van der Waals surface area contributed by atoms with Gasteiger partial charge in [-0.3, -0.25) is 0 Å². The van der Waals surface area contributed by atoms with Gasteiger partial charge in [0.15, 0.2) is 0 Å². The van der Waals surface area contributed by atoms with E-state index < -0.39 is 0 Å². The Hall–Kier alpha value is -0.320. The number of carbonyl (C=O) groups excluding carboxylic acids is 1. The zero-order valence-electron chi connectivity index (χ0n) is 6.96. The van der Waals surface area contributed by atoms with Gasteiger partial charge in [-0.05, 0) is 0 Å². The second kappa shape index (κ2) is 3.20. The van der Waals surface area contributed by atoms with Crippen molar-refractivity contribution in [3.8, 4) is 0 Å². The van der Waals surface area contributed by atoms with Crippen LogP contribution in [-0.4, -0.2) is 26.7 Å². The average Bonchev–Trinajstić information content (AvgIpc) is 2.07. The third kappa shape index (κ3) is 1.30. The topological polar surface area (TPSA) is 17.1 Å². The molecule has 1 heterocycles. The van der Waals surface area contributed by atoms with E-state index in [9.17, 15) is 4.79 Å². The zero-order valence-corrected chi connectivity index (χ0v) is 9.29. The molecular formula is C10H10OTe. The van der Waals surface area contributed by atoms with Crippen LogP contribution in [0.15, 0.2) is 18.2 Å². The Balaban J connectivity index is 2.59. The molecule has 0 saturated heterocycles. The van der Waals surface area contributed by atoms with Crippen LogP contribution >= 0.6 is 0 Å². The van der Waals surface area contributed by atoms with Crippen molar-refractivity contribution >= 4 is 30.3 Å². The van der Waals surface area contributed by atoms with Gasteiger partial charge in [0.25, 0.3) is 0 Å². The molecule has 2 rings (SSSR count). The van der Waals surface area contributed by atoms with Crippen molar-refractivity contribution in [3.05, 3.63) is 29.3 Å². The molecule has 2 heteroatoms. The van der Waals surface area contributed by atoms with Gasteiger partial charge in [0.05, 0.1) is 0 Å². The van der Waals surface area contributed by atoms with Gasteiger partial charge < -0.3 is 0 Å². The molecule has 62 valence electrons. The van der Waals surface area contributed by atoms with Crippen LogP contribution in [0.2, 0.25) is 4.47 Å². The molecule has 0 radical (unpaired) electrons. The van der Waals surface area contributed by atoms with Crippen LogP contribution in [0, 0.1) is 6.92 Å². The van der Waals surface area contributed by atoms with E-state index in [1.165, 1.54) is 9.17 Å². The Labute approximate surface area is 82.2 Å². The number of Topliss-reactive ketones (excluding diaryl/α,β-unsaturated/α-hetero) is 1. The van der Waals surface area contributed by atoms with E-state index >= 15 is 0 Å². The minimum absolute atomic E-state index is 0.0478. The summed E-state index contributed by atoms with van der Waals surface area (Å²) < 4.78 is 2.56. The van der Waals surface area contributed by atoms with Crippen LogP contribution in [0.3, 0.4) is 0 Å². The fourth-order valence-corrected chi connectivity index (χ4v) is 4.65. The quantitative estimate of drug-likeness (QED) is 0.652. The van der Waals surface area contributed by atoms with Crippen molar-refractivity contribution in [2.24, 2.45) is 0 Å². The number of carbonyl (C=O) groups is 1. The Morgan fingerprint density at radius 2 is 2.25 bits per heavy atom. The van der Waals surface area contributed by atoms with Gasteiger partial charge in [-0.25, -0.2) is 0 Å². The molecule has 0 N–H and O–H groups in total. The monoisotopic (exact) mass is 276 g/mol. The van der Waals surface area contributed by atoms with Gasteiger partial charge in [-0.15, -0.1) is 0 Å². The number of rotatable bonds is 0. The van der Waals surface area contributed by atoms with Gasteiger partial charge in [0, 0.05) is 0 Å². The number of aryl methyl sites for hydroxylation is 1. The molecule has 0 atom stereocenters. The predicted octanol–water partition coefficient (Wildman–Crippen LogP) is 1.33. The van der Waals surface area contributed by atoms with Crippen molar-refractivity contribution in [3.63, 3.8) is 0 Å². The summed E-state index contributed by atoms with van der Waals surface area (Å²) in [5.41, 5.74) is 2.34. The summed E-state index contributed by atoms with van der Waals surface area (Å²) in [4.78, 5) is 11.5. The molecule has 1 aliphatic rings. The van der Waals surface area contributed by atoms with E-state index in [0.717, 1.165) is 16.5 Å². The first-order chi connectivity index (χ1) is 5.79. The fourth-order valence-electron chi connectivity index (χ4n) is 1.44. The van der Waals surface area contributed by atoms with Crippen LogP contribution in [0.4, 0.5) is 0 Å². The maximum absolute atomic E-state index is 11.5. The molecule has 1 aromatic rings. The molecule has 0 bridgehead atoms. The molecule has 0 saturated carbocycles. The van der Waals surface area contributed by atoms with Crippen molar-refractivity contribution in [1.29, 1.82) is 0 Å². The third-order valence-electron chi connectivity index (χ3n) is 2.09. The van der Waals surface area contributed by atoms with Crippen molar-refractivity contribution in [1.82, 2.24) is 0 Å². The molecule has 0 amide bonds. The summed E-state index contributed by atoms with van der Waals surface area (Å²) in [5.74, 6) is 0.352. The van der Waals surface area contributed by atoms with Gasteiger partial charge in [0.1, 0.15) is 0 Å². The second-order valence-electron chi connectivity index (χ2n) is 2.97. The first-order valence-corrected chi connectivity index (χ1v) is 6.86. The number of hydrogen-bond donors (Lipinski definition) is 0. The van der Waals surface area contributed by atoms with E-state index in [-0.39, 0.29) is 20.9 Å². The molecule has 0 aliphatic carbocycles. The zero-order chi connectivity index (χ0) is 8.55. The van der Waals surface area contributed by atoms with Gasteiger partial charge >= 0.3 is 82.3 Å². The second-order valence-corrected chi connectivity index (χ2v) is 6.13. The van der Waals surface area contributed by atoms with Gasteiger partial charge in [0.2, 0.25) is 0 Å². The summed E-state index contributed by atoms with van der Waals surface area (Å²) in [5, 5.41) is 0. The van der Waals surface area contributed by atoms with Gasteiger partial charge in [-0.1, -0.05) is 0 Å². The number of fused-ring (bicyclic) bond motifs is 1. The number of hydrogen-bond acceptors (Lipinski definition) is 1. The fraction of sp³-hybridized carbons (Fsp3) is 0.300. The Morgan fingerprint density at radius 3 is 3.00 bits per heavy atom. The standard InChI is InChI=1S/C10H10OTe/c1-7-3-2-4-8-9(11)5-6-12-10(7)8/h2-4H,5-6H2,1H3. The third-order valence-corrected chi connectivity index (χ3v) is 5.62. The van der Waals surface area contributed by atoms with Crippen molar-refractivity contribution in [2.75, 3.05) is 0 Å². The first kappa shape index (κ1) is 8.29. The van der Waals surface area contributed by atoms with Crippen LogP contribution in [0.1, 0.15) is 22.3 Å². The van der Waals surface area contributed by atoms with Crippen LogP contribution < -0.4 is 3.61 Å². The minimum atomic E-state index is -0.0478. The molecule has 0 aromatic heterocycles. The average molecular weight is 274 g/mol. The first-order valence-electron chi connectivity index (χ1n) is 4.04. The Bertz CT molecular complexity index is 331. The summed E-state index contributed by atoms with van der Waals surface area (Å²) in [7, 11) is 0. The van der Waals surface area contributed by atoms with E-state index in [1.54, 1.807) is 0 Å². The summed E-state index contributed by atoms with van der Waals surface area (Å²) in [6.07, 6.45) is 0.790. The van der Waals surface area contributed by atoms with E-state index in [4.69, 9.17) is 0 Å². The normalized spacial score (nSPS) is 15.9. The maximum atomic E-state index is 11.5.